The lowest BCUT2D eigenvalue weighted by molar-refractivity contribution is -0.119. The number of alkyl halides is 1. The van der Waals surface area contributed by atoms with Crippen LogP contribution < -0.4 is 5.32 Å². The summed E-state index contributed by atoms with van der Waals surface area (Å²) in [5, 5.41) is 3.45. The zero-order valence-electron chi connectivity index (χ0n) is 11.2. The Bertz CT molecular complexity index is 607. The molecule has 0 saturated heterocycles. The van der Waals surface area contributed by atoms with E-state index in [1.165, 1.54) is 0 Å². The van der Waals surface area contributed by atoms with Crippen molar-refractivity contribution in [1.29, 1.82) is 0 Å². The summed E-state index contributed by atoms with van der Waals surface area (Å²) in [5.74, 6) is 0.417. The molecule has 0 fully saturated rings. The van der Waals surface area contributed by atoms with E-state index in [9.17, 15) is 4.79 Å². The van der Waals surface area contributed by atoms with Crippen LogP contribution >= 0.6 is 23.2 Å². The molecule has 0 aliphatic carbocycles. The molecule has 0 spiro atoms. The lowest BCUT2D eigenvalue weighted by atomic mass is 10.1. The van der Waals surface area contributed by atoms with E-state index in [1.54, 1.807) is 0 Å². The molecule has 0 radical (unpaired) electrons. The van der Waals surface area contributed by atoms with Crippen molar-refractivity contribution in [3.63, 3.8) is 0 Å². The molecule has 20 heavy (non-hydrogen) atoms. The van der Waals surface area contributed by atoms with Crippen molar-refractivity contribution in [3.8, 4) is 11.3 Å². The van der Waals surface area contributed by atoms with E-state index >= 15 is 0 Å². The minimum atomic E-state index is -0.221. The van der Waals surface area contributed by atoms with E-state index in [-0.39, 0.29) is 17.8 Å². The molecule has 0 bridgehead atoms. The van der Waals surface area contributed by atoms with Gasteiger partial charge in [0.1, 0.15) is 11.7 Å². The number of amides is 1. The van der Waals surface area contributed by atoms with Gasteiger partial charge in [0.2, 0.25) is 5.91 Å². The quantitative estimate of drug-likeness (QED) is 0.850. The first-order chi connectivity index (χ1) is 9.51. The molecular formula is C14H15Cl2N3O. The van der Waals surface area contributed by atoms with Gasteiger partial charge in [-0.3, -0.25) is 4.79 Å². The lowest BCUT2D eigenvalue weighted by Crippen LogP contribution is -2.28. The number of halogens is 2. The SMILES string of the molecule is Cc1[nH]c(C(C)NC(=O)CCl)nc1-c1ccc(Cl)cc1. The molecule has 1 heterocycles. The van der Waals surface area contributed by atoms with Crippen molar-refractivity contribution in [1.82, 2.24) is 15.3 Å². The number of aryl methyl sites for hydroxylation is 1. The third-order valence-electron chi connectivity index (χ3n) is 2.93. The maximum atomic E-state index is 11.3. The zero-order chi connectivity index (χ0) is 14.7. The van der Waals surface area contributed by atoms with Gasteiger partial charge in [0, 0.05) is 16.3 Å². The molecule has 1 aromatic heterocycles. The van der Waals surface area contributed by atoms with E-state index in [1.807, 2.05) is 38.1 Å². The van der Waals surface area contributed by atoms with Gasteiger partial charge in [-0.25, -0.2) is 4.98 Å². The third kappa shape index (κ3) is 3.32. The number of imidazole rings is 1. The highest BCUT2D eigenvalue weighted by Gasteiger charge is 2.15. The van der Waals surface area contributed by atoms with Crippen LogP contribution in [-0.4, -0.2) is 21.8 Å². The molecule has 6 heteroatoms. The van der Waals surface area contributed by atoms with Crippen LogP contribution in [0, 0.1) is 6.92 Å². The number of aromatic amines is 1. The monoisotopic (exact) mass is 311 g/mol. The Morgan fingerprint density at radius 3 is 2.65 bits per heavy atom. The molecule has 0 aliphatic rings. The number of carbonyl (C=O) groups is 1. The fraction of sp³-hybridized carbons (Fsp3) is 0.286. The van der Waals surface area contributed by atoms with Crippen LogP contribution in [0.3, 0.4) is 0 Å². The number of rotatable bonds is 4. The zero-order valence-corrected chi connectivity index (χ0v) is 12.7. The minimum absolute atomic E-state index is 0.0614. The van der Waals surface area contributed by atoms with Crippen LogP contribution in [0.2, 0.25) is 5.02 Å². The van der Waals surface area contributed by atoms with E-state index in [0.717, 1.165) is 17.0 Å². The summed E-state index contributed by atoms with van der Waals surface area (Å²) in [6, 6.07) is 7.25. The van der Waals surface area contributed by atoms with Gasteiger partial charge in [-0.2, -0.15) is 0 Å². The Kier molecular flexibility index (Phi) is 4.68. The van der Waals surface area contributed by atoms with Gasteiger partial charge >= 0.3 is 0 Å². The van der Waals surface area contributed by atoms with E-state index in [4.69, 9.17) is 23.2 Å². The summed E-state index contributed by atoms with van der Waals surface area (Å²) in [5.41, 5.74) is 2.77. The second-order valence-electron chi connectivity index (χ2n) is 4.53. The molecule has 1 unspecified atom stereocenters. The summed E-state index contributed by atoms with van der Waals surface area (Å²) >= 11 is 11.4. The number of nitrogens with zero attached hydrogens (tertiary/aromatic N) is 1. The van der Waals surface area contributed by atoms with Crippen LogP contribution in [0.4, 0.5) is 0 Å². The molecule has 2 rings (SSSR count). The summed E-state index contributed by atoms with van der Waals surface area (Å²) in [6.45, 7) is 3.80. The van der Waals surface area contributed by atoms with Crippen molar-refractivity contribution in [2.75, 3.05) is 5.88 Å². The highest BCUT2D eigenvalue weighted by atomic mass is 35.5. The molecule has 2 N–H and O–H groups in total. The number of carbonyl (C=O) groups excluding carboxylic acids is 1. The Hall–Kier alpha value is -1.52. The molecule has 0 saturated carbocycles. The first kappa shape index (κ1) is 14.9. The van der Waals surface area contributed by atoms with Crippen molar-refractivity contribution >= 4 is 29.1 Å². The van der Waals surface area contributed by atoms with Gasteiger partial charge in [-0.1, -0.05) is 23.7 Å². The van der Waals surface area contributed by atoms with Crippen LogP contribution in [0.15, 0.2) is 24.3 Å². The standard InChI is InChI=1S/C14H15Cl2N3O/c1-8-13(10-3-5-11(16)6-4-10)19-14(18-8)9(2)17-12(20)7-15/h3-6,9H,7H2,1-2H3,(H,17,20)(H,18,19). The van der Waals surface area contributed by atoms with Gasteiger partial charge in [0.25, 0.3) is 0 Å². The highest BCUT2D eigenvalue weighted by Crippen LogP contribution is 2.24. The minimum Gasteiger partial charge on any atom is -0.345 e. The number of hydrogen-bond acceptors (Lipinski definition) is 2. The Balaban J connectivity index is 2.25. The lowest BCUT2D eigenvalue weighted by Gasteiger charge is -2.09. The molecule has 1 amide bonds. The summed E-state index contributed by atoms with van der Waals surface area (Å²) < 4.78 is 0. The van der Waals surface area contributed by atoms with E-state index in [2.05, 4.69) is 15.3 Å². The molecule has 1 aromatic carbocycles. The molecular weight excluding hydrogens is 297 g/mol. The summed E-state index contributed by atoms with van der Waals surface area (Å²) in [4.78, 5) is 19.0. The number of benzene rings is 1. The second kappa shape index (κ2) is 6.29. The van der Waals surface area contributed by atoms with Gasteiger partial charge in [0.05, 0.1) is 11.7 Å². The molecule has 2 aromatic rings. The van der Waals surface area contributed by atoms with Crippen molar-refractivity contribution in [3.05, 3.63) is 40.8 Å². The fourth-order valence-corrected chi connectivity index (χ4v) is 2.13. The second-order valence-corrected chi connectivity index (χ2v) is 5.23. The molecule has 0 aliphatic heterocycles. The third-order valence-corrected chi connectivity index (χ3v) is 3.42. The fourth-order valence-electron chi connectivity index (χ4n) is 1.93. The Morgan fingerprint density at radius 2 is 2.05 bits per heavy atom. The smallest absolute Gasteiger partial charge is 0.235 e. The van der Waals surface area contributed by atoms with E-state index < -0.39 is 0 Å². The van der Waals surface area contributed by atoms with Gasteiger partial charge in [-0.05, 0) is 26.0 Å². The van der Waals surface area contributed by atoms with Crippen LogP contribution in [0.5, 0.6) is 0 Å². The van der Waals surface area contributed by atoms with Crippen molar-refractivity contribution in [2.24, 2.45) is 0 Å². The first-order valence-electron chi connectivity index (χ1n) is 6.19. The highest BCUT2D eigenvalue weighted by molar-refractivity contribution is 6.30. The topological polar surface area (TPSA) is 57.8 Å². The van der Waals surface area contributed by atoms with Crippen LogP contribution in [0.1, 0.15) is 24.5 Å². The normalized spacial score (nSPS) is 12.2. The predicted octanol–water partition coefficient (Wildman–Crippen LogP) is 3.45. The summed E-state index contributed by atoms with van der Waals surface area (Å²) in [7, 11) is 0. The molecule has 4 nitrogen and oxygen atoms in total. The van der Waals surface area contributed by atoms with E-state index in [0.29, 0.717) is 10.8 Å². The summed E-state index contributed by atoms with van der Waals surface area (Å²) in [6.07, 6.45) is 0. The first-order valence-corrected chi connectivity index (χ1v) is 7.10. The number of hydrogen-bond donors (Lipinski definition) is 2. The number of H-pyrrole nitrogens is 1. The van der Waals surface area contributed by atoms with Crippen molar-refractivity contribution < 1.29 is 4.79 Å². The van der Waals surface area contributed by atoms with Gasteiger partial charge in [0.15, 0.2) is 0 Å². The Labute approximate surface area is 127 Å². The predicted molar refractivity (Wildman–Crippen MR) is 81.0 cm³/mol. The molecule has 1 atom stereocenters. The number of aromatic nitrogens is 2. The van der Waals surface area contributed by atoms with Crippen molar-refractivity contribution in [2.45, 2.75) is 19.9 Å². The van der Waals surface area contributed by atoms with Gasteiger partial charge in [-0.15, -0.1) is 11.6 Å². The largest absolute Gasteiger partial charge is 0.345 e. The molecule has 106 valence electrons. The van der Waals surface area contributed by atoms with Crippen LogP contribution in [-0.2, 0) is 4.79 Å². The Morgan fingerprint density at radius 1 is 1.40 bits per heavy atom. The maximum Gasteiger partial charge on any atom is 0.235 e. The average Bonchev–Trinajstić information content (AvgIpc) is 2.81. The average molecular weight is 312 g/mol. The maximum absolute atomic E-state index is 11.3. The van der Waals surface area contributed by atoms with Gasteiger partial charge < -0.3 is 10.3 Å². The number of nitrogens with one attached hydrogen (secondary N) is 2. The van der Waals surface area contributed by atoms with Crippen LogP contribution in [0.25, 0.3) is 11.3 Å².